The zero-order valence-corrected chi connectivity index (χ0v) is 11.2. The summed E-state index contributed by atoms with van der Waals surface area (Å²) >= 11 is 0. The van der Waals surface area contributed by atoms with Gasteiger partial charge in [0.25, 0.3) is 0 Å². The highest BCUT2D eigenvalue weighted by Crippen LogP contribution is 2.14. The molecule has 0 heterocycles. The van der Waals surface area contributed by atoms with Crippen LogP contribution in [0.2, 0.25) is 0 Å². The number of ketones is 1. The topological polar surface area (TPSA) is 43.4 Å². The van der Waals surface area contributed by atoms with E-state index in [4.69, 9.17) is 4.74 Å². The van der Waals surface area contributed by atoms with Crippen molar-refractivity contribution in [1.82, 2.24) is 0 Å². The third kappa shape index (κ3) is 3.84. The van der Waals surface area contributed by atoms with Gasteiger partial charge in [0.05, 0.1) is 6.10 Å². The standard InChI is InChI=1S/C15H18O3/c1-10(2)18-15(17)14(12(4)16)9-13-8-6-5-7-11(13)3/h5-10H,1-4H3/b14-9-. The molecule has 0 bridgehead atoms. The molecule has 1 aromatic carbocycles. The van der Waals surface area contributed by atoms with Crippen molar-refractivity contribution in [2.45, 2.75) is 33.8 Å². The number of carbonyl (C=O) groups excluding carboxylic acids is 2. The third-order valence-electron chi connectivity index (χ3n) is 2.43. The minimum atomic E-state index is -0.569. The average molecular weight is 246 g/mol. The second-order valence-electron chi connectivity index (χ2n) is 4.42. The van der Waals surface area contributed by atoms with E-state index in [9.17, 15) is 9.59 Å². The largest absolute Gasteiger partial charge is 0.459 e. The second-order valence-corrected chi connectivity index (χ2v) is 4.42. The molecule has 0 radical (unpaired) electrons. The van der Waals surface area contributed by atoms with Gasteiger partial charge < -0.3 is 4.74 Å². The minimum absolute atomic E-state index is 0.0815. The lowest BCUT2D eigenvalue weighted by Gasteiger charge is -2.09. The Morgan fingerprint density at radius 1 is 1.22 bits per heavy atom. The van der Waals surface area contributed by atoms with Crippen LogP contribution in [0, 0.1) is 6.92 Å². The predicted molar refractivity (Wildman–Crippen MR) is 71.1 cm³/mol. The molecule has 0 saturated heterocycles. The molecule has 0 atom stereocenters. The van der Waals surface area contributed by atoms with Crippen LogP contribution in [-0.2, 0) is 14.3 Å². The monoisotopic (exact) mass is 246 g/mol. The number of Topliss-reactive ketones (excluding diaryl/α,β-unsaturated/α-hetero) is 1. The Hall–Kier alpha value is -1.90. The molecular formula is C15H18O3. The first-order valence-electron chi connectivity index (χ1n) is 5.91. The van der Waals surface area contributed by atoms with E-state index in [1.54, 1.807) is 19.9 Å². The van der Waals surface area contributed by atoms with Gasteiger partial charge in [-0.15, -0.1) is 0 Å². The van der Waals surface area contributed by atoms with E-state index in [1.165, 1.54) is 6.92 Å². The van der Waals surface area contributed by atoms with Crippen LogP contribution < -0.4 is 0 Å². The molecule has 0 saturated carbocycles. The lowest BCUT2D eigenvalue weighted by molar-refractivity contribution is -0.143. The summed E-state index contributed by atoms with van der Waals surface area (Å²) < 4.78 is 5.06. The number of benzene rings is 1. The zero-order chi connectivity index (χ0) is 13.7. The third-order valence-corrected chi connectivity index (χ3v) is 2.43. The maximum absolute atomic E-state index is 11.8. The number of carbonyl (C=O) groups is 2. The van der Waals surface area contributed by atoms with Crippen molar-refractivity contribution in [3.8, 4) is 0 Å². The molecule has 18 heavy (non-hydrogen) atoms. The fourth-order valence-corrected chi connectivity index (χ4v) is 1.49. The maximum Gasteiger partial charge on any atom is 0.342 e. The molecule has 0 aliphatic carbocycles. The van der Waals surface area contributed by atoms with Gasteiger partial charge in [-0.05, 0) is 44.9 Å². The van der Waals surface area contributed by atoms with Gasteiger partial charge in [0, 0.05) is 0 Å². The summed E-state index contributed by atoms with van der Waals surface area (Å²) in [6.07, 6.45) is 1.35. The number of hydrogen-bond donors (Lipinski definition) is 0. The van der Waals surface area contributed by atoms with Gasteiger partial charge in [-0.2, -0.15) is 0 Å². The number of esters is 1. The summed E-state index contributed by atoms with van der Waals surface area (Å²) in [6.45, 7) is 6.80. The van der Waals surface area contributed by atoms with Gasteiger partial charge >= 0.3 is 5.97 Å². The maximum atomic E-state index is 11.8. The highest BCUT2D eigenvalue weighted by atomic mass is 16.5. The lowest BCUT2D eigenvalue weighted by Crippen LogP contribution is -2.17. The van der Waals surface area contributed by atoms with E-state index in [0.717, 1.165) is 11.1 Å². The van der Waals surface area contributed by atoms with Crippen molar-refractivity contribution in [1.29, 1.82) is 0 Å². The minimum Gasteiger partial charge on any atom is -0.459 e. The molecule has 0 N–H and O–H groups in total. The molecule has 0 aromatic heterocycles. The molecule has 3 nitrogen and oxygen atoms in total. The van der Waals surface area contributed by atoms with Crippen LogP contribution in [0.3, 0.4) is 0 Å². The van der Waals surface area contributed by atoms with E-state index in [2.05, 4.69) is 0 Å². The first-order chi connectivity index (χ1) is 8.41. The predicted octanol–water partition coefficient (Wildman–Crippen LogP) is 2.92. The zero-order valence-electron chi connectivity index (χ0n) is 11.2. The first-order valence-corrected chi connectivity index (χ1v) is 5.91. The molecule has 0 aliphatic rings. The van der Waals surface area contributed by atoms with Crippen molar-refractivity contribution in [2.75, 3.05) is 0 Å². The SMILES string of the molecule is CC(=O)/C(=C/c1ccccc1C)C(=O)OC(C)C. The van der Waals surface area contributed by atoms with Gasteiger partial charge in [0.1, 0.15) is 5.57 Å². The highest BCUT2D eigenvalue weighted by molar-refractivity contribution is 6.19. The van der Waals surface area contributed by atoms with E-state index in [-0.39, 0.29) is 17.5 Å². The van der Waals surface area contributed by atoms with Crippen LogP contribution in [0.5, 0.6) is 0 Å². The van der Waals surface area contributed by atoms with Crippen molar-refractivity contribution < 1.29 is 14.3 Å². The Kier molecular flexibility index (Phi) is 4.84. The quantitative estimate of drug-likeness (QED) is 0.355. The Balaban J connectivity index is 3.10. The molecule has 1 aromatic rings. The molecule has 1 rings (SSSR count). The van der Waals surface area contributed by atoms with Gasteiger partial charge in [0.15, 0.2) is 5.78 Å². The molecule has 0 aliphatic heterocycles. The highest BCUT2D eigenvalue weighted by Gasteiger charge is 2.17. The number of ether oxygens (including phenoxy) is 1. The van der Waals surface area contributed by atoms with Crippen molar-refractivity contribution in [3.63, 3.8) is 0 Å². The van der Waals surface area contributed by atoms with Crippen molar-refractivity contribution >= 4 is 17.8 Å². The van der Waals surface area contributed by atoms with Crippen LogP contribution in [0.4, 0.5) is 0 Å². The van der Waals surface area contributed by atoms with Gasteiger partial charge in [-0.25, -0.2) is 4.79 Å². The Bertz CT molecular complexity index is 484. The van der Waals surface area contributed by atoms with Crippen LogP contribution in [-0.4, -0.2) is 17.9 Å². The van der Waals surface area contributed by atoms with E-state index in [1.807, 2.05) is 31.2 Å². The summed E-state index contributed by atoms with van der Waals surface area (Å²) in [5.74, 6) is -0.857. The van der Waals surface area contributed by atoms with Crippen LogP contribution in [0.25, 0.3) is 6.08 Å². The number of aryl methyl sites for hydroxylation is 1. The summed E-state index contributed by atoms with van der Waals surface area (Å²) in [5, 5.41) is 0. The summed E-state index contributed by atoms with van der Waals surface area (Å²) in [4.78, 5) is 23.3. The van der Waals surface area contributed by atoms with Crippen LogP contribution in [0.1, 0.15) is 31.9 Å². The van der Waals surface area contributed by atoms with Crippen LogP contribution >= 0.6 is 0 Å². The van der Waals surface area contributed by atoms with Crippen molar-refractivity contribution in [3.05, 3.63) is 41.0 Å². The second kappa shape index (κ2) is 6.15. The number of rotatable bonds is 4. The van der Waals surface area contributed by atoms with Crippen LogP contribution in [0.15, 0.2) is 29.8 Å². The molecule has 0 amide bonds. The first kappa shape index (κ1) is 14.2. The van der Waals surface area contributed by atoms with Gasteiger partial charge in [0.2, 0.25) is 0 Å². The molecule has 0 unspecified atom stereocenters. The molecule has 96 valence electrons. The summed E-state index contributed by atoms with van der Waals surface area (Å²) in [5.41, 5.74) is 1.94. The van der Waals surface area contributed by atoms with Gasteiger partial charge in [-0.3, -0.25) is 4.79 Å². The molecule has 0 fully saturated rings. The summed E-state index contributed by atoms with van der Waals surface area (Å²) in [7, 11) is 0. The van der Waals surface area contributed by atoms with Crippen molar-refractivity contribution in [2.24, 2.45) is 0 Å². The smallest absolute Gasteiger partial charge is 0.342 e. The molecular weight excluding hydrogens is 228 g/mol. The van der Waals surface area contributed by atoms with E-state index >= 15 is 0 Å². The summed E-state index contributed by atoms with van der Waals surface area (Å²) in [6, 6.07) is 7.56. The fraction of sp³-hybridized carbons (Fsp3) is 0.333. The fourth-order valence-electron chi connectivity index (χ4n) is 1.49. The van der Waals surface area contributed by atoms with E-state index in [0.29, 0.717) is 0 Å². The Labute approximate surface area is 107 Å². The normalized spacial score (nSPS) is 11.5. The Morgan fingerprint density at radius 2 is 1.83 bits per heavy atom. The lowest BCUT2D eigenvalue weighted by atomic mass is 10.0. The molecule has 0 spiro atoms. The number of hydrogen-bond acceptors (Lipinski definition) is 3. The molecule has 3 heteroatoms. The van der Waals surface area contributed by atoms with Gasteiger partial charge in [-0.1, -0.05) is 24.3 Å². The Morgan fingerprint density at radius 3 is 2.33 bits per heavy atom. The average Bonchev–Trinajstić information content (AvgIpc) is 2.26. The van der Waals surface area contributed by atoms with E-state index < -0.39 is 5.97 Å².